The third-order valence-corrected chi connectivity index (χ3v) is 2.46. The van der Waals surface area contributed by atoms with Crippen molar-refractivity contribution < 1.29 is 0 Å². The molecule has 2 heterocycles. The van der Waals surface area contributed by atoms with Crippen LogP contribution in [-0.4, -0.2) is 10.9 Å². The summed E-state index contributed by atoms with van der Waals surface area (Å²) < 4.78 is 1.94. The molecule has 15 heavy (non-hydrogen) atoms. The molecule has 2 aromatic heterocycles. The molecule has 0 N–H and O–H groups in total. The van der Waals surface area contributed by atoms with Crippen LogP contribution < -0.4 is 0 Å². The lowest BCUT2D eigenvalue weighted by molar-refractivity contribution is 0.982. The molecule has 0 aliphatic heterocycles. The number of hydrogen-bond donors (Lipinski definition) is 0. The van der Waals surface area contributed by atoms with Gasteiger partial charge in [0, 0.05) is 0 Å². The van der Waals surface area contributed by atoms with Crippen LogP contribution in [0.5, 0.6) is 0 Å². The van der Waals surface area contributed by atoms with Crippen LogP contribution in [0, 0.1) is 0 Å². The highest BCUT2D eigenvalue weighted by atomic mass is 15.3. The highest BCUT2D eigenvalue weighted by molar-refractivity contribution is 5.80. The van der Waals surface area contributed by atoms with E-state index < -0.39 is 0 Å². The zero-order valence-corrected chi connectivity index (χ0v) is 8.17. The zero-order chi connectivity index (χ0) is 10.1. The second-order valence-electron chi connectivity index (χ2n) is 3.48. The van der Waals surface area contributed by atoms with E-state index in [2.05, 4.69) is 29.4 Å². The fraction of sp³-hybridized carbons (Fsp3) is 0. The molecule has 0 spiro atoms. The molecule has 3 aromatic rings. The second-order valence-corrected chi connectivity index (χ2v) is 3.48. The lowest BCUT2D eigenvalue weighted by atomic mass is 10.2. The first kappa shape index (κ1) is 8.24. The van der Waals surface area contributed by atoms with Crippen LogP contribution >= 0.6 is 0 Å². The minimum absolute atomic E-state index is 1.12. The third-order valence-electron chi connectivity index (χ3n) is 2.46. The molecular formula is C13H10N2. The van der Waals surface area contributed by atoms with Gasteiger partial charge in [-0.15, -0.1) is 0 Å². The Hall–Kier alpha value is -2.09. The Kier molecular flexibility index (Phi) is 1.78. The average Bonchev–Trinajstić information content (AvgIpc) is 2.87. The van der Waals surface area contributed by atoms with Crippen molar-refractivity contribution in [2.24, 2.45) is 5.10 Å². The number of nitrogens with zero attached hydrogens (tertiary/aromatic N) is 2. The third kappa shape index (κ3) is 1.40. The molecule has 0 saturated carbocycles. The largest absolute Gasteiger partial charge is 0.234 e. The van der Waals surface area contributed by atoms with Crippen molar-refractivity contribution in [1.29, 1.82) is 0 Å². The molecule has 1 aromatic carbocycles. The molecule has 0 aliphatic carbocycles. The SMILES string of the molecule is C(=N\n1c2ccc1cc2)/c1ccccc1. The van der Waals surface area contributed by atoms with Gasteiger partial charge in [-0.3, -0.25) is 0 Å². The summed E-state index contributed by atoms with van der Waals surface area (Å²) in [4.78, 5) is 0. The highest BCUT2D eigenvalue weighted by Gasteiger charge is 2.00. The molecule has 3 rings (SSSR count). The van der Waals surface area contributed by atoms with Crippen molar-refractivity contribution in [3.05, 3.63) is 60.2 Å². The predicted molar refractivity (Wildman–Crippen MR) is 62.6 cm³/mol. The molecule has 2 bridgehead atoms. The van der Waals surface area contributed by atoms with Crippen LogP contribution in [0.3, 0.4) is 0 Å². The van der Waals surface area contributed by atoms with Crippen molar-refractivity contribution in [2.75, 3.05) is 0 Å². The maximum Gasteiger partial charge on any atom is 0.0654 e. The van der Waals surface area contributed by atoms with Crippen molar-refractivity contribution in [3.63, 3.8) is 0 Å². The van der Waals surface area contributed by atoms with Crippen LogP contribution in [0.2, 0.25) is 0 Å². The Morgan fingerprint density at radius 3 is 2.00 bits per heavy atom. The fourth-order valence-electron chi connectivity index (χ4n) is 1.68. The molecule has 0 radical (unpaired) electrons. The number of aromatic nitrogens is 1. The number of benzene rings is 2. The van der Waals surface area contributed by atoms with Crippen molar-refractivity contribution in [3.8, 4) is 0 Å². The van der Waals surface area contributed by atoms with E-state index in [9.17, 15) is 0 Å². The first-order valence-electron chi connectivity index (χ1n) is 4.93. The van der Waals surface area contributed by atoms with Crippen molar-refractivity contribution in [1.82, 2.24) is 4.68 Å². The summed E-state index contributed by atoms with van der Waals surface area (Å²) in [6.45, 7) is 0. The van der Waals surface area contributed by atoms with Crippen LogP contribution in [0.15, 0.2) is 59.7 Å². The normalized spacial score (nSPS) is 11.7. The van der Waals surface area contributed by atoms with Gasteiger partial charge in [0.05, 0.1) is 17.2 Å². The lowest BCUT2D eigenvalue weighted by Gasteiger charge is -1.94. The molecule has 0 fully saturated rings. The lowest BCUT2D eigenvalue weighted by Crippen LogP contribution is -1.86. The summed E-state index contributed by atoms with van der Waals surface area (Å²) in [5, 5.41) is 4.43. The molecule has 2 nitrogen and oxygen atoms in total. The topological polar surface area (TPSA) is 17.3 Å². The Balaban J connectivity index is 1.96. The molecule has 0 amide bonds. The van der Waals surface area contributed by atoms with Crippen LogP contribution in [0.4, 0.5) is 0 Å². The zero-order valence-electron chi connectivity index (χ0n) is 8.17. The number of fused-ring (bicyclic) bond motifs is 2. The molecule has 0 saturated heterocycles. The summed E-state index contributed by atoms with van der Waals surface area (Å²) in [6.07, 6.45) is 1.88. The van der Waals surface area contributed by atoms with E-state index in [0.29, 0.717) is 0 Å². The van der Waals surface area contributed by atoms with Gasteiger partial charge in [-0.25, -0.2) is 4.68 Å². The molecule has 72 valence electrons. The first-order chi connectivity index (χ1) is 7.43. The van der Waals surface area contributed by atoms with E-state index >= 15 is 0 Å². The van der Waals surface area contributed by atoms with Gasteiger partial charge in [0.2, 0.25) is 0 Å². The smallest absolute Gasteiger partial charge is 0.0654 e. The maximum absolute atomic E-state index is 4.43. The van der Waals surface area contributed by atoms with Gasteiger partial charge in [-0.2, -0.15) is 5.10 Å². The second kappa shape index (κ2) is 3.24. The van der Waals surface area contributed by atoms with E-state index in [1.54, 1.807) is 0 Å². The number of hydrogen-bond acceptors (Lipinski definition) is 1. The van der Waals surface area contributed by atoms with Gasteiger partial charge in [0.15, 0.2) is 0 Å². The summed E-state index contributed by atoms with van der Waals surface area (Å²) in [6, 6.07) is 18.4. The van der Waals surface area contributed by atoms with Gasteiger partial charge in [-0.1, -0.05) is 30.3 Å². The minimum Gasteiger partial charge on any atom is -0.234 e. The minimum atomic E-state index is 1.12. The fourth-order valence-corrected chi connectivity index (χ4v) is 1.68. The highest BCUT2D eigenvalue weighted by Crippen LogP contribution is 2.15. The summed E-state index contributed by atoms with van der Waals surface area (Å²) >= 11 is 0. The van der Waals surface area contributed by atoms with Crippen LogP contribution in [-0.2, 0) is 0 Å². The van der Waals surface area contributed by atoms with Crippen LogP contribution in [0.1, 0.15) is 5.56 Å². The van der Waals surface area contributed by atoms with E-state index in [4.69, 9.17) is 0 Å². The van der Waals surface area contributed by atoms with Gasteiger partial charge in [0.25, 0.3) is 0 Å². The van der Waals surface area contributed by atoms with E-state index in [-0.39, 0.29) is 0 Å². The van der Waals surface area contributed by atoms with Gasteiger partial charge < -0.3 is 0 Å². The average molecular weight is 194 g/mol. The van der Waals surface area contributed by atoms with Crippen molar-refractivity contribution >= 4 is 17.2 Å². The number of rotatable bonds is 2. The molecule has 0 atom stereocenters. The van der Waals surface area contributed by atoms with Gasteiger partial charge in [0.1, 0.15) is 0 Å². The Morgan fingerprint density at radius 1 is 0.800 bits per heavy atom. The maximum atomic E-state index is 4.43. The van der Waals surface area contributed by atoms with Crippen molar-refractivity contribution in [2.45, 2.75) is 0 Å². The standard InChI is InChI=1S/C13H10N2/c1-2-4-11(5-3-1)10-14-15-12-6-7-13(15)9-8-12/h1-10H/b14-10+. The van der Waals surface area contributed by atoms with Gasteiger partial charge in [-0.05, 0) is 29.8 Å². The monoisotopic (exact) mass is 194 g/mol. The quantitative estimate of drug-likeness (QED) is 0.558. The summed E-state index contributed by atoms with van der Waals surface area (Å²) in [5.41, 5.74) is 3.39. The molecular weight excluding hydrogens is 184 g/mol. The predicted octanol–water partition coefficient (Wildman–Crippen LogP) is 2.96. The summed E-state index contributed by atoms with van der Waals surface area (Å²) in [5.74, 6) is 0. The Morgan fingerprint density at radius 2 is 1.40 bits per heavy atom. The Labute approximate surface area is 87.8 Å². The first-order valence-corrected chi connectivity index (χ1v) is 4.93. The van der Waals surface area contributed by atoms with E-state index in [0.717, 1.165) is 16.6 Å². The van der Waals surface area contributed by atoms with Crippen LogP contribution in [0.25, 0.3) is 11.0 Å². The van der Waals surface area contributed by atoms with Gasteiger partial charge >= 0.3 is 0 Å². The summed E-state index contributed by atoms with van der Waals surface area (Å²) in [7, 11) is 0. The molecule has 0 unspecified atom stereocenters. The van der Waals surface area contributed by atoms with E-state index in [1.807, 2.05) is 41.2 Å². The molecule has 2 heteroatoms. The van der Waals surface area contributed by atoms with E-state index in [1.165, 1.54) is 0 Å². The Bertz CT molecular complexity index is 530. The molecule has 0 aliphatic rings.